The third-order valence-electron chi connectivity index (χ3n) is 1.48. The third kappa shape index (κ3) is 2.20. The van der Waals surface area contributed by atoms with Crippen molar-refractivity contribution in [3.05, 3.63) is 30.1 Å². The third-order valence-corrected chi connectivity index (χ3v) is 1.48. The first-order valence-electron chi connectivity index (χ1n) is 3.63. The first-order valence-corrected chi connectivity index (χ1v) is 3.63. The molecule has 1 aromatic rings. The molecule has 0 spiro atoms. The maximum atomic E-state index is 8.36. The average Bonchev–Trinajstić information content (AvgIpc) is 2.18. The fourth-order valence-electron chi connectivity index (χ4n) is 0.839. The number of aromatic nitrogens is 1. The normalized spacial score (nSPS) is 10.6. The van der Waals surface area contributed by atoms with Crippen molar-refractivity contribution in [3.8, 4) is 11.8 Å². The molecular formula is C9H9N3O. The van der Waals surface area contributed by atoms with E-state index in [9.17, 15) is 0 Å². The van der Waals surface area contributed by atoms with Crippen LogP contribution in [0, 0.1) is 11.3 Å². The summed E-state index contributed by atoms with van der Waals surface area (Å²) in [7, 11) is 1.56. The number of ether oxygens (including phenoxy) is 1. The molecular weight excluding hydrogens is 166 g/mol. The van der Waals surface area contributed by atoms with E-state index >= 15 is 0 Å². The molecule has 66 valence electrons. The molecule has 0 aromatic carbocycles. The van der Waals surface area contributed by atoms with E-state index in [0.29, 0.717) is 17.1 Å². The molecule has 0 aliphatic heterocycles. The molecule has 0 fully saturated rings. The quantitative estimate of drug-likeness (QED) is 0.678. The van der Waals surface area contributed by atoms with Crippen LogP contribution in [0.25, 0.3) is 5.70 Å². The van der Waals surface area contributed by atoms with Gasteiger partial charge in [-0.05, 0) is 6.07 Å². The summed E-state index contributed by atoms with van der Waals surface area (Å²) in [4.78, 5) is 3.98. The summed E-state index contributed by atoms with van der Waals surface area (Å²) in [5.41, 5.74) is 6.43. The molecule has 13 heavy (non-hydrogen) atoms. The van der Waals surface area contributed by atoms with Gasteiger partial charge in [-0.15, -0.1) is 0 Å². The molecule has 0 aliphatic carbocycles. The largest absolute Gasteiger partial charge is 0.497 e. The van der Waals surface area contributed by atoms with Crippen molar-refractivity contribution in [3.63, 3.8) is 0 Å². The van der Waals surface area contributed by atoms with Gasteiger partial charge >= 0.3 is 0 Å². The first kappa shape index (κ1) is 9.07. The van der Waals surface area contributed by atoms with Gasteiger partial charge < -0.3 is 10.5 Å². The zero-order valence-electron chi connectivity index (χ0n) is 7.19. The van der Waals surface area contributed by atoms with Crippen molar-refractivity contribution < 1.29 is 4.74 Å². The second-order valence-corrected chi connectivity index (χ2v) is 2.31. The highest BCUT2D eigenvalue weighted by molar-refractivity contribution is 5.62. The summed E-state index contributed by atoms with van der Waals surface area (Å²) < 4.78 is 4.98. The lowest BCUT2D eigenvalue weighted by Crippen LogP contribution is -1.98. The molecule has 1 heterocycles. The van der Waals surface area contributed by atoms with Gasteiger partial charge in [-0.1, -0.05) is 0 Å². The lowest BCUT2D eigenvalue weighted by molar-refractivity contribution is 0.414. The van der Waals surface area contributed by atoms with Gasteiger partial charge in [0, 0.05) is 18.3 Å². The Balaban J connectivity index is 3.03. The minimum absolute atomic E-state index is 0.335. The summed E-state index contributed by atoms with van der Waals surface area (Å²) >= 11 is 0. The number of pyridine rings is 1. The van der Waals surface area contributed by atoms with Crippen molar-refractivity contribution in [2.45, 2.75) is 0 Å². The van der Waals surface area contributed by atoms with Gasteiger partial charge in [0.05, 0.1) is 24.6 Å². The molecule has 0 amide bonds. The number of methoxy groups -OCH3 is 1. The van der Waals surface area contributed by atoms with Gasteiger partial charge in [0.1, 0.15) is 5.75 Å². The van der Waals surface area contributed by atoms with Crippen LogP contribution in [0.15, 0.2) is 24.4 Å². The number of allylic oxidation sites excluding steroid dienone is 1. The maximum absolute atomic E-state index is 8.36. The van der Waals surface area contributed by atoms with Crippen molar-refractivity contribution in [2.24, 2.45) is 5.73 Å². The lowest BCUT2D eigenvalue weighted by atomic mass is 10.2. The van der Waals surface area contributed by atoms with Crippen LogP contribution < -0.4 is 10.5 Å². The summed E-state index contributed by atoms with van der Waals surface area (Å²) in [5, 5.41) is 8.36. The van der Waals surface area contributed by atoms with Crippen LogP contribution in [0.5, 0.6) is 5.75 Å². The Morgan fingerprint density at radius 1 is 1.77 bits per heavy atom. The number of nitrogens with two attached hydrogens (primary N) is 1. The maximum Gasteiger partial charge on any atom is 0.122 e. The molecule has 1 aromatic heterocycles. The van der Waals surface area contributed by atoms with E-state index in [-0.39, 0.29) is 0 Å². The van der Waals surface area contributed by atoms with Crippen LogP contribution in [0.3, 0.4) is 0 Å². The minimum atomic E-state index is 0.335. The number of hydrogen-bond acceptors (Lipinski definition) is 4. The Morgan fingerprint density at radius 2 is 2.54 bits per heavy atom. The Kier molecular flexibility index (Phi) is 2.87. The van der Waals surface area contributed by atoms with Crippen LogP contribution in [-0.4, -0.2) is 12.1 Å². The van der Waals surface area contributed by atoms with Crippen molar-refractivity contribution in [2.75, 3.05) is 7.11 Å². The van der Waals surface area contributed by atoms with Gasteiger partial charge in [-0.2, -0.15) is 5.26 Å². The second kappa shape index (κ2) is 4.12. The number of nitrogens with zero attached hydrogens (tertiary/aromatic N) is 2. The highest BCUT2D eigenvalue weighted by atomic mass is 16.5. The molecule has 1 rings (SSSR count). The lowest BCUT2D eigenvalue weighted by Gasteiger charge is -2.01. The Morgan fingerprint density at radius 3 is 3.15 bits per heavy atom. The Labute approximate surface area is 76.3 Å². The molecule has 0 radical (unpaired) electrons. The average molecular weight is 175 g/mol. The van der Waals surface area contributed by atoms with Gasteiger partial charge in [0.15, 0.2) is 0 Å². The number of rotatable bonds is 2. The monoisotopic (exact) mass is 175 g/mol. The standard InChI is InChI=1S/C9H9N3O/c1-13-7-3-5-12-9(6-7)8(11)2-4-10/h2-3,5-6H,11H2,1H3/b8-2+. The van der Waals surface area contributed by atoms with Gasteiger partial charge in [0.25, 0.3) is 0 Å². The topological polar surface area (TPSA) is 71.9 Å². The van der Waals surface area contributed by atoms with E-state index in [1.165, 1.54) is 6.08 Å². The van der Waals surface area contributed by atoms with Crippen LogP contribution in [0.2, 0.25) is 0 Å². The molecule has 0 bridgehead atoms. The van der Waals surface area contributed by atoms with Crippen LogP contribution in [-0.2, 0) is 0 Å². The molecule has 2 N–H and O–H groups in total. The van der Waals surface area contributed by atoms with Crippen molar-refractivity contribution in [1.82, 2.24) is 4.98 Å². The second-order valence-electron chi connectivity index (χ2n) is 2.31. The molecule has 0 saturated heterocycles. The SMILES string of the molecule is COc1ccnc(/C(N)=C\C#N)c1. The summed E-state index contributed by atoms with van der Waals surface area (Å²) in [6, 6.07) is 5.22. The number of nitriles is 1. The molecule has 4 heteroatoms. The van der Waals surface area contributed by atoms with E-state index in [2.05, 4.69) is 4.98 Å². The number of hydrogen-bond donors (Lipinski definition) is 1. The van der Waals surface area contributed by atoms with E-state index in [0.717, 1.165) is 0 Å². The van der Waals surface area contributed by atoms with E-state index < -0.39 is 0 Å². The predicted molar refractivity (Wildman–Crippen MR) is 48.6 cm³/mol. The molecule has 0 unspecified atom stereocenters. The minimum Gasteiger partial charge on any atom is -0.497 e. The smallest absolute Gasteiger partial charge is 0.122 e. The van der Waals surface area contributed by atoms with Gasteiger partial charge in [-0.3, -0.25) is 4.98 Å². The van der Waals surface area contributed by atoms with E-state index in [4.69, 9.17) is 15.7 Å². The molecule has 0 atom stereocenters. The Bertz CT molecular complexity index is 365. The van der Waals surface area contributed by atoms with Crippen molar-refractivity contribution in [1.29, 1.82) is 5.26 Å². The van der Waals surface area contributed by atoms with Crippen LogP contribution in [0.1, 0.15) is 5.69 Å². The van der Waals surface area contributed by atoms with Crippen LogP contribution >= 0.6 is 0 Å². The predicted octanol–water partition coefficient (Wildman–Crippen LogP) is 0.913. The first-order chi connectivity index (χ1) is 6.27. The molecule has 0 aliphatic rings. The van der Waals surface area contributed by atoms with Crippen molar-refractivity contribution >= 4 is 5.70 Å². The molecule has 0 saturated carbocycles. The zero-order chi connectivity index (χ0) is 9.68. The van der Waals surface area contributed by atoms with Gasteiger partial charge in [-0.25, -0.2) is 0 Å². The van der Waals surface area contributed by atoms with Gasteiger partial charge in [0.2, 0.25) is 0 Å². The molecule has 4 nitrogen and oxygen atoms in total. The van der Waals surface area contributed by atoms with E-state index in [1.807, 2.05) is 6.07 Å². The fourth-order valence-corrected chi connectivity index (χ4v) is 0.839. The van der Waals surface area contributed by atoms with Crippen LogP contribution in [0.4, 0.5) is 0 Å². The fraction of sp³-hybridized carbons (Fsp3) is 0.111. The summed E-state index contributed by atoms with van der Waals surface area (Å²) in [6.45, 7) is 0. The summed E-state index contributed by atoms with van der Waals surface area (Å²) in [5.74, 6) is 0.666. The van der Waals surface area contributed by atoms with E-state index in [1.54, 1.807) is 25.4 Å². The zero-order valence-corrected chi connectivity index (χ0v) is 7.19. The summed E-state index contributed by atoms with van der Waals surface area (Å²) in [6.07, 6.45) is 2.81. The Hall–Kier alpha value is -2.02. The highest BCUT2D eigenvalue weighted by Crippen LogP contribution is 2.13. The highest BCUT2D eigenvalue weighted by Gasteiger charge is 1.99.